The number of carbonyl (C=O) groups is 2. The fraction of sp³-hybridized carbons (Fsp3) is 0.652. The van der Waals surface area contributed by atoms with Gasteiger partial charge in [-0.2, -0.15) is 0 Å². The third-order valence-electron chi connectivity index (χ3n) is 6.63. The van der Waals surface area contributed by atoms with Crippen molar-refractivity contribution >= 4 is 11.8 Å². The molecule has 0 spiro atoms. The van der Waals surface area contributed by atoms with E-state index >= 15 is 0 Å². The zero-order valence-electron chi connectivity index (χ0n) is 18.0. The summed E-state index contributed by atoms with van der Waals surface area (Å²) in [6, 6.07) is 8.12. The number of benzene rings is 1. The van der Waals surface area contributed by atoms with Gasteiger partial charge in [0, 0.05) is 56.9 Å². The molecule has 1 aliphatic carbocycles. The van der Waals surface area contributed by atoms with Gasteiger partial charge in [-0.3, -0.25) is 19.4 Å². The topological polar surface area (TPSA) is 65.1 Å². The van der Waals surface area contributed by atoms with Crippen molar-refractivity contribution in [3.8, 4) is 5.75 Å². The van der Waals surface area contributed by atoms with E-state index in [-0.39, 0.29) is 17.9 Å². The standard InChI is InChI=1S/C23H34N4O3/c1-2-30-21-8-3-5-18(15-21)23(29)24-19-9-10-25(16-19)17-22(28)27-13-11-26(12-14-27)20-6-4-7-20/h3,5,8,15,19-20H,2,4,6-7,9-14,16-17H2,1H3,(H,24,29). The first-order chi connectivity index (χ1) is 14.6. The molecule has 0 aromatic heterocycles. The van der Waals surface area contributed by atoms with Gasteiger partial charge in [0.15, 0.2) is 0 Å². The summed E-state index contributed by atoms with van der Waals surface area (Å²) in [5.74, 6) is 0.850. The quantitative estimate of drug-likeness (QED) is 0.734. The smallest absolute Gasteiger partial charge is 0.251 e. The van der Waals surface area contributed by atoms with Gasteiger partial charge in [0.1, 0.15) is 5.75 Å². The molecule has 1 unspecified atom stereocenters. The van der Waals surface area contributed by atoms with Gasteiger partial charge in [-0.1, -0.05) is 12.5 Å². The van der Waals surface area contributed by atoms with E-state index in [0.717, 1.165) is 51.7 Å². The van der Waals surface area contributed by atoms with Crippen LogP contribution in [0.15, 0.2) is 24.3 Å². The van der Waals surface area contributed by atoms with Gasteiger partial charge in [0.2, 0.25) is 5.91 Å². The van der Waals surface area contributed by atoms with E-state index in [2.05, 4.69) is 15.1 Å². The zero-order valence-corrected chi connectivity index (χ0v) is 18.0. The van der Waals surface area contributed by atoms with Gasteiger partial charge < -0.3 is 15.0 Å². The molecule has 0 radical (unpaired) electrons. The minimum Gasteiger partial charge on any atom is -0.494 e. The van der Waals surface area contributed by atoms with Gasteiger partial charge in [-0.25, -0.2) is 0 Å². The van der Waals surface area contributed by atoms with Crippen molar-refractivity contribution in [1.82, 2.24) is 20.0 Å². The maximum Gasteiger partial charge on any atom is 0.251 e. The Morgan fingerprint density at radius 3 is 2.60 bits per heavy atom. The number of rotatable bonds is 7. The first-order valence-corrected chi connectivity index (χ1v) is 11.4. The molecule has 2 amide bonds. The highest BCUT2D eigenvalue weighted by atomic mass is 16.5. The molecule has 1 saturated carbocycles. The number of amides is 2. The average molecular weight is 415 g/mol. The van der Waals surface area contributed by atoms with E-state index in [0.29, 0.717) is 24.5 Å². The number of carbonyl (C=O) groups excluding carboxylic acids is 2. The Kier molecular flexibility index (Phi) is 6.89. The Labute approximate surface area is 179 Å². The van der Waals surface area contributed by atoms with E-state index in [9.17, 15) is 9.59 Å². The summed E-state index contributed by atoms with van der Waals surface area (Å²) < 4.78 is 5.48. The summed E-state index contributed by atoms with van der Waals surface area (Å²) >= 11 is 0. The SMILES string of the molecule is CCOc1cccc(C(=O)NC2CCN(CC(=O)N3CCN(C4CCC4)CC3)C2)c1. The number of piperazine rings is 1. The normalized spacial score (nSPS) is 23.2. The molecule has 3 aliphatic rings. The van der Waals surface area contributed by atoms with E-state index in [1.165, 1.54) is 19.3 Å². The number of ether oxygens (including phenoxy) is 1. The second kappa shape index (κ2) is 9.79. The van der Waals surface area contributed by atoms with E-state index in [4.69, 9.17) is 4.74 Å². The van der Waals surface area contributed by atoms with Crippen LogP contribution in [0.3, 0.4) is 0 Å². The van der Waals surface area contributed by atoms with Gasteiger partial charge >= 0.3 is 0 Å². The van der Waals surface area contributed by atoms with Crippen molar-refractivity contribution in [2.24, 2.45) is 0 Å². The Bertz CT molecular complexity index is 744. The highest BCUT2D eigenvalue weighted by molar-refractivity contribution is 5.94. The number of hydrogen-bond donors (Lipinski definition) is 1. The molecule has 1 aromatic rings. The monoisotopic (exact) mass is 414 g/mol. The van der Waals surface area contributed by atoms with Crippen LogP contribution in [0.2, 0.25) is 0 Å². The maximum atomic E-state index is 12.7. The van der Waals surface area contributed by atoms with Crippen LogP contribution in [0.1, 0.15) is 43.0 Å². The van der Waals surface area contributed by atoms with E-state index < -0.39 is 0 Å². The molecule has 1 N–H and O–H groups in total. The summed E-state index contributed by atoms with van der Waals surface area (Å²) in [5, 5.41) is 3.11. The summed E-state index contributed by atoms with van der Waals surface area (Å²) in [4.78, 5) is 32.0. The average Bonchev–Trinajstić information content (AvgIpc) is 3.14. The van der Waals surface area contributed by atoms with Crippen LogP contribution in [0, 0.1) is 0 Å². The highest BCUT2D eigenvalue weighted by Gasteiger charge is 2.31. The molecule has 4 rings (SSSR count). The van der Waals surface area contributed by atoms with Crippen molar-refractivity contribution in [2.45, 2.75) is 44.7 Å². The minimum atomic E-state index is -0.0816. The number of nitrogens with one attached hydrogen (secondary N) is 1. The minimum absolute atomic E-state index is 0.0801. The predicted molar refractivity (Wildman–Crippen MR) is 116 cm³/mol. The maximum absolute atomic E-state index is 12.7. The van der Waals surface area contributed by atoms with Crippen LogP contribution in [0.4, 0.5) is 0 Å². The lowest BCUT2D eigenvalue weighted by atomic mass is 9.91. The van der Waals surface area contributed by atoms with Crippen molar-refractivity contribution in [2.75, 3.05) is 52.4 Å². The zero-order chi connectivity index (χ0) is 20.9. The molecule has 7 nitrogen and oxygen atoms in total. The van der Waals surface area contributed by atoms with Gasteiger partial charge in [0.25, 0.3) is 5.91 Å². The predicted octanol–water partition coefficient (Wildman–Crippen LogP) is 1.59. The summed E-state index contributed by atoms with van der Waals surface area (Å²) in [6.45, 7) is 8.24. The van der Waals surface area contributed by atoms with Crippen LogP contribution in [-0.2, 0) is 4.79 Å². The molecule has 1 atom stereocenters. The molecule has 30 heavy (non-hydrogen) atoms. The first kappa shape index (κ1) is 21.1. The molecule has 2 aliphatic heterocycles. The van der Waals surface area contributed by atoms with E-state index in [1.54, 1.807) is 12.1 Å². The molecule has 7 heteroatoms. The molecule has 0 bridgehead atoms. The second-order valence-electron chi connectivity index (χ2n) is 8.66. The molecule has 2 saturated heterocycles. The molecular formula is C23H34N4O3. The fourth-order valence-electron chi connectivity index (χ4n) is 4.64. The van der Waals surface area contributed by atoms with Gasteiger partial charge in [-0.15, -0.1) is 0 Å². The molecular weight excluding hydrogens is 380 g/mol. The summed E-state index contributed by atoms with van der Waals surface area (Å²) in [6.07, 6.45) is 4.88. The van der Waals surface area contributed by atoms with Crippen LogP contribution < -0.4 is 10.1 Å². The largest absolute Gasteiger partial charge is 0.494 e. The molecule has 2 heterocycles. The van der Waals surface area contributed by atoms with Crippen molar-refractivity contribution in [1.29, 1.82) is 0 Å². The molecule has 3 fully saturated rings. The Balaban J connectivity index is 1.20. The van der Waals surface area contributed by atoms with Crippen LogP contribution in [0.25, 0.3) is 0 Å². The van der Waals surface area contributed by atoms with Crippen LogP contribution >= 0.6 is 0 Å². The van der Waals surface area contributed by atoms with Crippen LogP contribution in [-0.4, -0.2) is 91.0 Å². The second-order valence-corrected chi connectivity index (χ2v) is 8.66. The Hall–Kier alpha value is -2.12. The first-order valence-electron chi connectivity index (χ1n) is 11.4. The Morgan fingerprint density at radius 2 is 1.90 bits per heavy atom. The van der Waals surface area contributed by atoms with Crippen molar-refractivity contribution < 1.29 is 14.3 Å². The number of nitrogens with zero attached hydrogens (tertiary/aromatic N) is 3. The van der Waals surface area contributed by atoms with Crippen LogP contribution in [0.5, 0.6) is 5.75 Å². The van der Waals surface area contributed by atoms with E-state index in [1.807, 2.05) is 24.0 Å². The fourth-order valence-corrected chi connectivity index (χ4v) is 4.64. The lowest BCUT2D eigenvalue weighted by Crippen LogP contribution is -2.55. The van der Waals surface area contributed by atoms with Gasteiger partial charge in [0.05, 0.1) is 13.2 Å². The number of hydrogen-bond acceptors (Lipinski definition) is 5. The third kappa shape index (κ3) is 5.13. The summed E-state index contributed by atoms with van der Waals surface area (Å²) in [5.41, 5.74) is 0.611. The summed E-state index contributed by atoms with van der Waals surface area (Å²) in [7, 11) is 0. The lowest BCUT2D eigenvalue weighted by Gasteiger charge is -2.43. The van der Waals surface area contributed by atoms with Crippen molar-refractivity contribution in [3.63, 3.8) is 0 Å². The highest BCUT2D eigenvalue weighted by Crippen LogP contribution is 2.25. The van der Waals surface area contributed by atoms with Gasteiger partial charge in [-0.05, 0) is 44.4 Å². The molecule has 164 valence electrons. The lowest BCUT2D eigenvalue weighted by molar-refractivity contribution is -0.134. The van der Waals surface area contributed by atoms with Crippen molar-refractivity contribution in [3.05, 3.63) is 29.8 Å². The Morgan fingerprint density at radius 1 is 1.10 bits per heavy atom. The molecule has 1 aromatic carbocycles. The number of likely N-dealkylation sites (tertiary alicyclic amines) is 1. The third-order valence-corrected chi connectivity index (χ3v) is 6.63.